The quantitative estimate of drug-likeness (QED) is 0.596. The standard InChI is InChI=1S/C20H23N3O2S/c1-14(24)13-26-19-22-21-18(23(19)12-17-6-5-11-25-17)15-7-9-16(10-8-15)20(2,3)4/h5-11H,12-13H2,1-4H3. The van der Waals surface area contributed by atoms with E-state index in [1.807, 2.05) is 16.7 Å². The second kappa shape index (κ2) is 7.50. The van der Waals surface area contributed by atoms with Crippen LogP contribution in [0.1, 0.15) is 39.0 Å². The van der Waals surface area contributed by atoms with Crippen molar-refractivity contribution in [1.82, 2.24) is 14.8 Å². The van der Waals surface area contributed by atoms with Gasteiger partial charge in [0.1, 0.15) is 11.5 Å². The summed E-state index contributed by atoms with van der Waals surface area (Å²) in [6.45, 7) is 8.68. The van der Waals surface area contributed by atoms with Gasteiger partial charge in [-0.1, -0.05) is 56.8 Å². The number of hydrogen-bond donors (Lipinski definition) is 0. The Labute approximate surface area is 157 Å². The van der Waals surface area contributed by atoms with E-state index >= 15 is 0 Å². The zero-order chi connectivity index (χ0) is 18.7. The third-order valence-corrected chi connectivity index (χ3v) is 5.14. The number of rotatable bonds is 6. The van der Waals surface area contributed by atoms with Crippen LogP contribution in [0.4, 0.5) is 0 Å². The van der Waals surface area contributed by atoms with Crippen LogP contribution in [0.2, 0.25) is 0 Å². The second-order valence-electron chi connectivity index (χ2n) is 7.29. The average molecular weight is 369 g/mol. The van der Waals surface area contributed by atoms with Crippen LogP contribution in [0.3, 0.4) is 0 Å². The molecular weight excluding hydrogens is 346 g/mol. The van der Waals surface area contributed by atoms with Crippen molar-refractivity contribution >= 4 is 17.5 Å². The first kappa shape index (κ1) is 18.5. The van der Waals surface area contributed by atoms with Gasteiger partial charge in [0.25, 0.3) is 0 Å². The zero-order valence-corrected chi connectivity index (χ0v) is 16.3. The Morgan fingerprint density at radius 1 is 1.15 bits per heavy atom. The maximum absolute atomic E-state index is 11.4. The molecule has 3 rings (SSSR count). The van der Waals surface area contributed by atoms with Gasteiger partial charge in [0, 0.05) is 5.56 Å². The number of carbonyl (C=O) groups excluding carboxylic acids is 1. The Hall–Kier alpha value is -2.34. The number of benzene rings is 1. The number of hydrogen-bond acceptors (Lipinski definition) is 5. The van der Waals surface area contributed by atoms with Crippen LogP contribution in [0.25, 0.3) is 11.4 Å². The Kier molecular flexibility index (Phi) is 5.32. The van der Waals surface area contributed by atoms with Crippen LogP contribution in [-0.2, 0) is 16.8 Å². The lowest BCUT2D eigenvalue weighted by molar-refractivity contribution is -0.114. The lowest BCUT2D eigenvalue weighted by Gasteiger charge is -2.19. The van der Waals surface area contributed by atoms with Gasteiger partial charge in [-0.2, -0.15) is 0 Å². The minimum absolute atomic E-state index is 0.100. The van der Waals surface area contributed by atoms with Crippen LogP contribution in [0.15, 0.2) is 52.2 Å². The van der Waals surface area contributed by atoms with Crippen LogP contribution >= 0.6 is 11.8 Å². The third-order valence-electron chi connectivity index (χ3n) is 4.02. The summed E-state index contributed by atoms with van der Waals surface area (Å²) >= 11 is 1.40. The van der Waals surface area contributed by atoms with E-state index < -0.39 is 0 Å². The molecule has 5 nitrogen and oxygen atoms in total. The number of aromatic nitrogens is 3. The summed E-state index contributed by atoms with van der Waals surface area (Å²) in [4.78, 5) is 11.4. The Morgan fingerprint density at radius 3 is 2.46 bits per heavy atom. The molecule has 2 heterocycles. The van der Waals surface area contributed by atoms with Gasteiger partial charge in [-0.3, -0.25) is 9.36 Å². The molecule has 0 bridgehead atoms. The number of thioether (sulfide) groups is 1. The van der Waals surface area contributed by atoms with Crippen molar-refractivity contribution in [3.05, 3.63) is 54.0 Å². The molecule has 3 aromatic rings. The molecular formula is C20H23N3O2S. The molecule has 0 saturated heterocycles. The zero-order valence-electron chi connectivity index (χ0n) is 15.5. The van der Waals surface area contributed by atoms with Crippen LogP contribution in [0.5, 0.6) is 0 Å². The van der Waals surface area contributed by atoms with E-state index in [1.165, 1.54) is 17.3 Å². The Morgan fingerprint density at radius 2 is 1.88 bits per heavy atom. The van der Waals surface area contributed by atoms with E-state index in [0.717, 1.165) is 17.1 Å². The van der Waals surface area contributed by atoms with Gasteiger partial charge in [-0.15, -0.1) is 10.2 Å². The highest BCUT2D eigenvalue weighted by Gasteiger charge is 2.18. The van der Waals surface area contributed by atoms with E-state index in [0.29, 0.717) is 17.5 Å². The molecule has 1 aromatic carbocycles. The van der Waals surface area contributed by atoms with Crippen molar-refractivity contribution in [1.29, 1.82) is 0 Å². The lowest BCUT2D eigenvalue weighted by Crippen LogP contribution is -2.10. The van der Waals surface area contributed by atoms with Crippen molar-refractivity contribution in [3.8, 4) is 11.4 Å². The van der Waals surface area contributed by atoms with Gasteiger partial charge in [-0.25, -0.2) is 0 Å². The van der Waals surface area contributed by atoms with E-state index in [-0.39, 0.29) is 11.2 Å². The molecule has 0 aliphatic rings. The molecule has 0 radical (unpaired) electrons. The van der Waals surface area contributed by atoms with Crippen LogP contribution < -0.4 is 0 Å². The molecule has 0 atom stereocenters. The van der Waals surface area contributed by atoms with Crippen LogP contribution in [0, 0.1) is 0 Å². The maximum Gasteiger partial charge on any atom is 0.192 e. The molecule has 0 aliphatic carbocycles. The van der Waals surface area contributed by atoms with Gasteiger partial charge >= 0.3 is 0 Å². The number of nitrogens with zero attached hydrogens (tertiary/aromatic N) is 3. The molecule has 0 amide bonds. The molecule has 0 fully saturated rings. The highest BCUT2D eigenvalue weighted by atomic mass is 32.2. The fourth-order valence-electron chi connectivity index (χ4n) is 2.60. The molecule has 0 N–H and O–H groups in total. The smallest absolute Gasteiger partial charge is 0.192 e. The summed E-state index contributed by atoms with van der Waals surface area (Å²) < 4.78 is 7.49. The van der Waals surface area contributed by atoms with Gasteiger partial charge in [0.05, 0.1) is 18.6 Å². The van der Waals surface area contributed by atoms with Gasteiger partial charge < -0.3 is 4.42 Å². The normalized spacial score (nSPS) is 11.7. The first-order valence-electron chi connectivity index (χ1n) is 8.53. The van der Waals surface area contributed by atoms with E-state index in [1.54, 1.807) is 13.2 Å². The largest absolute Gasteiger partial charge is 0.467 e. The number of carbonyl (C=O) groups is 1. The van der Waals surface area contributed by atoms with Crippen molar-refractivity contribution < 1.29 is 9.21 Å². The first-order valence-corrected chi connectivity index (χ1v) is 9.52. The summed E-state index contributed by atoms with van der Waals surface area (Å²) in [6.07, 6.45) is 1.65. The minimum Gasteiger partial charge on any atom is -0.467 e. The Balaban J connectivity index is 1.96. The monoisotopic (exact) mass is 369 g/mol. The predicted octanol–water partition coefficient (Wildman–Crippen LogP) is 4.57. The number of Topliss-reactive ketones (excluding diaryl/α,β-unsaturated/α-hetero) is 1. The Bertz CT molecular complexity index is 875. The minimum atomic E-state index is 0.100. The number of ketones is 1. The van der Waals surface area contributed by atoms with Crippen molar-refractivity contribution in [3.63, 3.8) is 0 Å². The van der Waals surface area contributed by atoms with E-state index in [2.05, 4.69) is 55.2 Å². The lowest BCUT2D eigenvalue weighted by atomic mass is 9.87. The SMILES string of the molecule is CC(=O)CSc1nnc(-c2ccc(C(C)(C)C)cc2)n1Cc1ccco1. The molecule has 2 aromatic heterocycles. The van der Waals surface area contributed by atoms with Crippen molar-refractivity contribution in [2.24, 2.45) is 0 Å². The molecule has 136 valence electrons. The highest BCUT2D eigenvalue weighted by Crippen LogP contribution is 2.28. The molecule has 0 saturated carbocycles. The summed E-state index contributed by atoms with van der Waals surface area (Å²) in [5.74, 6) is 2.08. The molecule has 0 aliphatic heterocycles. The summed E-state index contributed by atoms with van der Waals surface area (Å²) in [5, 5.41) is 9.39. The summed E-state index contributed by atoms with van der Waals surface area (Å²) in [5.41, 5.74) is 2.36. The molecule has 26 heavy (non-hydrogen) atoms. The van der Waals surface area contributed by atoms with E-state index in [4.69, 9.17) is 4.42 Å². The predicted molar refractivity (Wildman–Crippen MR) is 103 cm³/mol. The number of furan rings is 1. The molecule has 6 heteroatoms. The fraction of sp³-hybridized carbons (Fsp3) is 0.350. The average Bonchev–Trinajstić information content (AvgIpc) is 3.23. The van der Waals surface area contributed by atoms with Gasteiger partial charge in [-0.05, 0) is 30.0 Å². The van der Waals surface area contributed by atoms with Gasteiger partial charge in [0.15, 0.2) is 11.0 Å². The third kappa shape index (κ3) is 4.25. The maximum atomic E-state index is 11.4. The first-order chi connectivity index (χ1) is 12.3. The fourth-order valence-corrected chi connectivity index (χ4v) is 3.33. The van der Waals surface area contributed by atoms with Crippen molar-refractivity contribution in [2.45, 2.75) is 44.8 Å². The summed E-state index contributed by atoms with van der Waals surface area (Å²) in [6, 6.07) is 12.2. The molecule has 0 unspecified atom stereocenters. The van der Waals surface area contributed by atoms with E-state index in [9.17, 15) is 4.79 Å². The van der Waals surface area contributed by atoms with Gasteiger partial charge in [0.2, 0.25) is 0 Å². The summed E-state index contributed by atoms with van der Waals surface area (Å²) in [7, 11) is 0. The van der Waals surface area contributed by atoms with Crippen LogP contribution in [-0.4, -0.2) is 26.3 Å². The highest BCUT2D eigenvalue weighted by molar-refractivity contribution is 7.99. The topological polar surface area (TPSA) is 60.9 Å². The van der Waals surface area contributed by atoms with Crippen molar-refractivity contribution in [2.75, 3.05) is 5.75 Å². The molecule has 0 spiro atoms. The second-order valence-corrected chi connectivity index (χ2v) is 8.23.